The third kappa shape index (κ3) is 4.89. The fourth-order valence-electron chi connectivity index (χ4n) is 4.11. The molecule has 0 aliphatic rings. The van der Waals surface area contributed by atoms with Gasteiger partial charge in [-0.3, -0.25) is 19.9 Å². The Morgan fingerprint density at radius 3 is 1.25 bits per heavy atom. The second-order valence-electron chi connectivity index (χ2n) is 8.75. The van der Waals surface area contributed by atoms with Gasteiger partial charge in [-0.25, -0.2) is 0 Å². The summed E-state index contributed by atoms with van der Waals surface area (Å²) < 4.78 is 0. The van der Waals surface area contributed by atoms with Crippen LogP contribution in [0.2, 0.25) is 0 Å². The minimum atomic E-state index is 0.811. The summed E-state index contributed by atoms with van der Waals surface area (Å²) in [6, 6.07) is 23.9. The molecule has 8 nitrogen and oxygen atoms in total. The molecule has 0 amide bonds. The van der Waals surface area contributed by atoms with Crippen LogP contribution in [0.5, 0.6) is 0 Å². The Hall–Kier alpha value is -5.06. The van der Waals surface area contributed by atoms with Crippen molar-refractivity contribution in [2.45, 2.75) is 0 Å². The highest BCUT2D eigenvalue weighted by molar-refractivity contribution is 7.18. The van der Waals surface area contributed by atoms with Crippen molar-refractivity contribution in [1.82, 2.24) is 40.3 Å². The van der Waals surface area contributed by atoms with Crippen LogP contribution in [-0.2, 0) is 0 Å². The number of benzene rings is 1. The van der Waals surface area contributed by atoms with Gasteiger partial charge in [0.15, 0.2) is 0 Å². The van der Waals surface area contributed by atoms with Crippen molar-refractivity contribution in [3.63, 3.8) is 0 Å². The third-order valence-electron chi connectivity index (χ3n) is 6.14. The zero-order valence-electron chi connectivity index (χ0n) is 20.8. The molecule has 0 bridgehead atoms. The van der Waals surface area contributed by atoms with Crippen LogP contribution in [0, 0.1) is 0 Å². The van der Waals surface area contributed by atoms with Crippen molar-refractivity contribution in [2.75, 3.05) is 0 Å². The van der Waals surface area contributed by atoms with Crippen LogP contribution in [0.15, 0.2) is 110 Å². The molecule has 0 aliphatic carbocycles. The molecule has 6 aromatic heterocycles. The SMILES string of the molecule is c1cncc(-c2ccc(-c3nnc(-c4cccc(-c5nnc(-c6ccc(-c7cccnc7)nc6)s5)c4)s3)cn2)c1. The van der Waals surface area contributed by atoms with E-state index in [1.165, 1.54) is 22.7 Å². The molecule has 0 radical (unpaired) electrons. The monoisotopic (exact) mass is 554 g/mol. The first-order valence-corrected chi connectivity index (χ1v) is 13.9. The summed E-state index contributed by atoms with van der Waals surface area (Å²) in [4.78, 5) is 17.5. The molecule has 0 aliphatic heterocycles. The summed E-state index contributed by atoms with van der Waals surface area (Å²) in [5.74, 6) is 0. The maximum atomic E-state index is 4.59. The van der Waals surface area contributed by atoms with Crippen molar-refractivity contribution < 1.29 is 0 Å². The van der Waals surface area contributed by atoms with Crippen LogP contribution >= 0.6 is 22.7 Å². The van der Waals surface area contributed by atoms with Gasteiger partial charge < -0.3 is 0 Å². The predicted octanol–water partition coefficient (Wildman–Crippen LogP) is 6.97. The summed E-state index contributed by atoms with van der Waals surface area (Å²) in [6.07, 6.45) is 10.7. The number of rotatable bonds is 6. The minimum Gasteiger partial charge on any atom is -0.264 e. The summed E-state index contributed by atoms with van der Waals surface area (Å²) in [5, 5.41) is 21.0. The molecule has 0 unspecified atom stereocenters. The molecular formula is C30H18N8S2. The van der Waals surface area contributed by atoms with Gasteiger partial charge in [-0.05, 0) is 54.6 Å². The highest BCUT2D eigenvalue weighted by Crippen LogP contribution is 2.35. The number of hydrogen-bond acceptors (Lipinski definition) is 10. The Bertz CT molecular complexity index is 1750. The molecule has 0 fully saturated rings. The van der Waals surface area contributed by atoms with E-state index in [9.17, 15) is 0 Å². The molecule has 10 heteroatoms. The van der Waals surface area contributed by atoms with Gasteiger partial charge in [0.05, 0.1) is 11.4 Å². The quantitative estimate of drug-likeness (QED) is 0.217. The highest BCUT2D eigenvalue weighted by atomic mass is 32.1. The lowest BCUT2D eigenvalue weighted by Crippen LogP contribution is -1.85. The van der Waals surface area contributed by atoms with E-state index in [1.54, 1.807) is 24.8 Å². The van der Waals surface area contributed by atoms with Gasteiger partial charge in [-0.15, -0.1) is 20.4 Å². The molecule has 7 aromatic rings. The van der Waals surface area contributed by atoms with E-state index >= 15 is 0 Å². The average Bonchev–Trinajstić information content (AvgIpc) is 3.74. The van der Waals surface area contributed by atoms with Crippen molar-refractivity contribution >= 4 is 22.7 Å². The maximum absolute atomic E-state index is 4.59. The zero-order valence-corrected chi connectivity index (χ0v) is 22.4. The first-order valence-electron chi connectivity index (χ1n) is 12.3. The number of nitrogens with zero attached hydrogens (tertiary/aromatic N) is 8. The summed E-state index contributed by atoms with van der Waals surface area (Å²) in [6.45, 7) is 0. The van der Waals surface area contributed by atoms with Crippen LogP contribution < -0.4 is 0 Å². The molecule has 7 rings (SSSR count). The highest BCUT2D eigenvalue weighted by Gasteiger charge is 2.14. The lowest BCUT2D eigenvalue weighted by atomic mass is 10.1. The van der Waals surface area contributed by atoms with E-state index in [2.05, 4.69) is 46.4 Å². The van der Waals surface area contributed by atoms with Crippen LogP contribution in [0.3, 0.4) is 0 Å². The average molecular weight is 555 g/mol. The van der Waals surface area contributed by atoms with Crippen LogP contribution in [0.4, 0.5) is 0 Å². The third-order valence-corrected chi connectivity index (χ3v) is 8.18. The lowest BCUT2D eigenvalue weighted by molar-refractivity contribution is 1.09. The topological polar surface area (TPSA) is 103 Å². The van der Waals surface area contributed by atoms with Crippen molar-refractivity contribution in [2.24, 2.45) is 0 Å². The van der Waals surface area contributed by atoms with E-state index in [-0.39, 0.29) is 0 Å². The zero-order chi connectivity index (χ0) is 26.7. The fraction of sp³-hybridized carbons (Fsp3) is 0. The van der Waals surface area contributed by atoms with Crippen molar-refractivity contribution in [3.05, 3.63) is 110 Å². The van der Waals surface area contributed by atoms with Gasteiger partial charge in [0.25, 0.3) is 0 Å². The van der Waals surface area contributed by atoms with Gasteiger partial charge in [0.2, 0.25) is 0 Å². The Kier molecular flexibility index (Phi) is 6.36. The molecule has 0 atom stereocenters. The summed E-state index contributed by atoms with van der Waals surface area (Å²) in [7, 11) is 0. The summed E-state index contributed by atoms with van der Waals surface area (Å²) >= 11 is 3.05. The van der Waals surface area contributed by atoms with E-state index < -0.39 is 0 Å². The van der Waals surface area contributed by atoms with E-state index in [1.807, 2.05) is 79.1 Å². The summed E-state index contributed by atoms with van der Waals surface area (Å²) in [5.41, 5.74) is 7.47. The first kappa shape index (κ1) is 24.0. The molecule has 0 spiro atoms. The Morgan fingerprint density at radius 1 is 0.400 bits per heavy atom. The van der Waals surface area contributed by atoms with Gasteiger partial charge in [0.1, 0.15) is 20.0 Å². The smallest absolute Gasteiger partial charge is 0.149 e. The van der Waals surface area contributed by atoms with E-state index in [4.69, 9.17) is 0 Å². The number of pyridine rings is 4. The molecule has 1 aromatic carbocycles. The molecule has 40 heavy (non-hydrogen) atoms. The van der Waals surface area contributed by atoms with E-state index in [0.717, 1.165) is 64.8 Å². The van der Waals surface area contributed by atoms with Crippen molar-refractivity contribution in [3.8, 4) is 64.8 Å². The first-order chi connectivity index (χ1) is 19.8. The molecule has 190 valence electrons. The van der Waals surface area contributed by atoms with Crippen molar-refractivity contribution in [1.29, 1.82) is 0 Å². The maximum Gasteiger partial charge on any atom is 0.149 e. The minimum absolute atomic E-state index is 0.811. The second kappa shape index (κ2) is 10.6. The van der Waals surface area contributed by atoms with Crippen LogP contribution in [-0.4, -0.2) is 40.3 Å². The molecule has 0 saturated heterocycles. The largest absolute Gasteiger partial charge is 0.264 e. The van der Waals surface area contributed by atoms with Gasteiger partial charge in [-0.2, -0.15) is 0 Å². The lowest BCUT2D eigenvalue weighted by Gasteiger charge is -2.01. The molecular weight excluding hydrogens is 537 g/mol. The molecule has 0 saturated carbocycles. The standard InChI is InChI=1S/C30H18N8S2/c1-4-19(27-35-37-29(39-27)23-8-10-25(33-17-23)21-6-2-12-31-15-21)14-20(5-1)28-36-38-30(40-28)24-9-11-26(34-18-24)22-7-3-13-32-16-22/h1-18H. The normalized spacial score (nSPS) is 11.0. The van der Waals surface area contributed by atoms with Crippen LogP contribution in [0.25, 0.3) is 64.8 Å². The fourth-order valence-corrected chi connectivity index (χ4v) is 5.77. The predicted molar refractivity (Wildman–Crippen MR) is 157 cm³/mol. The second-order valence-corrected chi connectivity index (χ2v) is 10.7. The molecule has 0 N–H and O–H groups in total. The Balaban J connectivity index is 1.10. The Morgan fingerprint density at radius 2 is 0.850 bits per heavy atom. The van der Waals surface area contributed by atoms with E-state index in [0.29, 0.717) is 0 Å². The van der Waals surface area contributed by atoms with Gasteiger partial charge in [-0.1, -0.05) is 40.9 Å². The Labute approximate surface area is 237 Å². The molecule has 6 heterocycles. The van der Waals surface area contributed by atoms with Crippen LogP contribution in [0.1, 0.15) is 0 Å². The van der Waals surface area contributed by atoms with Gasteiger partial charge in [0, 0.05) is 70.6 Å². The number of hydrogen-bond donors (Lipinski definition) is 0. The number of aromatic nitrogens is 8. The van der Waals surface area contributed by atoms with Gasteiger partial charge >= 0.3 is 0 Å².